The zero-order valence-corrected chi connectivity index (χ0v) is 16.0. The summed E-state index contributed by atoms with van der Waals surface area (Å²) < 4.78 is 88.1. The van der Waals surface area contributed by atoms with Crippen LogP contribution in [0.2, 0.25) is 0 Å². The van der Waals surface area contributed by atoms with Crippen LogP contribution in [-0.2, 0) is 4.74 Å². The van der Waals surface area contributed by atoms with E-state index in [1.807, 2.05) is 0 Å². The van der Waals surface area contributed by atoms with Crippen LogP contribution in [0.15, 0.2) is 0 Å². The normalized spacial score (nSPS) is 41.4. The minimum absolute atomic E-state index is 0.00273. The van der Waals surface area contributed by atoms with Crippen molar-refractivity contribution in [3.8, 4) is 0 Å². The highest BCUT2D eigenvalue weighted by atomic mass is 19.4. The molecule has 4 rings (SSSR count). The van der Waals surface area contributed by atoms with Gasteiger partial charge in [-0.15, -0.1) is 0 Å². The Morgan fingerprint density at radius 2 is 1.30 bits per heavy atom. The maximum Gasteiger partial charge on any atom is 0.426 e. The molecule has 0 radical (unpaired) electrons. The Balaban J connectivity index is 1.63. The number of alkyl halides is 6. The lowest BCUT2D eigenvalue weighted by Crippen LogP contribution is -2.62. The first-order valence-electron chi connectivity index (χ1n) is 10.1. The Labute approximate surface area is 156 Å². The lowest BCUT2D eigenvalue weighted by atomic mass is 9.65. The predicted octanol–water partition coefficient (Wildman–Crippen LogP) is 6.37. The molecular weight excluding hydrogens is 370 g/mol. The van der Waals surface area contributed by atoms with Crippen molar-refractivity contribution < 1.29 is 31.1 Å². The molecule has 0 saturated heterocycles. The van der Waals surface area contributed by atoms with Crippen LogP contribution in [0, 0.1) is 41.4 Å². The summed E-state index contributed by atoms with van der Waals surface area (Å²) in [6.45, 7) is 3.77. The van der Waals surface area contributed by atoms with Gasteiger partial charge in [-0.25, -0.2) is 0 Å². The van der Waals surface area contributed by atoms with Crippen molar-refractivity contribution in [1.82, 2.24) is 0 Å². The minimum atomic E-state index is -5.49. The third-order valence-electron chi connectivity index (χ3n) is 7.82. The number of hydrogen-bond acceptors (Lipinski definition) is 1. The zero-order valence-electron chi connectivity index (χ0n) is 16.0. The highest BCUT2D eigenvalue weighted by Crippen LogP contribution is 2.70. The molecule has 0 N–H and O–H groups in total. The summed E-state index contributed by atoms with van der Waals surface area (Å²) in [6.07, 6.45) is -7.23. The lowest BCUT2D eigenvalue weighted by molar-refractivity contribution is -0.404. The summed E-state index contributed by atoms with van der Waals surface area (Å²) >= 11 is 0. The minimum Gasteiger partial charge on any atom is -0.352 e. The summed E-state index contributed by atoms with van der Waals surface area (Å²) in [5.41, 5.74) is -5.63. The van der Waals surface area contributed by atoms with E-state index in [9.17, 15) is 26.3 Å². The summed E-state index contributed by atoms with van der Waals surface area (Å²) in [6, 6.07) is 0. The lowest BCUT2D eigenvalue weighted by Gasteiger charge is -2.46. The van der Waals surface area contributed by atoms with Gasteiger partial charge in [0.2, 0.25) is 0 Å². The Bertz CT molecular complexity index is 575. The first-order chi connectivity index (χ1) is 12.2. The molecule has 0 amide bonds. The number of halogens is 6. The van der Waals surface area contributed by atoms with E-state index >= 15 is 0 Å². The molecule has 0 aromatic rings. The Kier molecular flexibility index (Phi) is 4.25. The van der Waals surface area contributed by atoms with Gasteiger partial charge in [0.05, 0.1) is 5.60 Å². The fourth-order valence-corrected chi connectivity index (χ4v) is 7.38. The Morgan fingerprint density at radius 1 is 0.741 bits per heavy atom. The maximum atomic E-state index is 13.9. The Morgan fingerprint density at radius 3 is 1.81 bits per heavy atom. The second-order valence-electron chi connectivity index (χ2n) is 10.4. The van der Waals surface area contributed by atoms with Crippen LogP contribution in [0.3, 0.4) is 0 Å². The molecule has 4 aliphatic carbocycles. The molecule has 0 spiro atoms. The van der Waals surface area contributed by atoms with Crippen LogP contribution in [0.4, 0.5) is 26.3 Å². The molecule has 7 unspecified atom stereocenters. The molecule has 27 heavy (non-hydrogen) atoms. The molecule has 4 aliphatic rings. The van der Waals surface area contributed by atoms with E-state index in [1.165, 1.54) is 27.2 Å². The predicted molar refractivity (Wildman–Crippen MR) is 87.8 cm³/mol. The number of ether oxygens (including phenoxy) is 1. The molecule has 156 valence electrons. The van der Waals surface area contributed by atoms with Gasteiger partial charge in [-0.3, -0.25) is 0 Å². The fourth-order valence-electron chi connectivity index (χ4n) is 7.38. The molecular formula is C20H28F6O. The quantitative estimate of drug-likeness (QED) is 0.396. The molecule has 0 heterocycles. The van der Waals surface area contributed by atoms with Gasteiger partial charge < -0.3 is 4.74 Å². The van der Waals surface area contributed by atoms with E-state index in [-0.39, 0.29) is 5.92 Å². The average molecular weight is 398 g/mol. The molecule has 4 bridgehead atoms. The second-order valence-corrected chi connectivity index (χ2v) is 10.4. The third kappa shape index (κ3) is 2.93. The van der Waals surface area contributed by atoms with E-state index in [4.69, 9.17) is 4.74 Å². The van der Waals surface area contributed by atoms with Gasteiger partial charge in [0, 0.05) is 0 Å². The molecule has 4 saturated carbocycles. The highest BCUT2D eigenvalue weighted by molar-refractivity contribution is 5.12. The molecule has 0 aromatic carbocycles. The van der Waals surface area contributed by atoms with Gasteiger partial charge in [-0.2, -0.15) is 26.3 Å². The van der Waals surface area contributed by atoms with E-state index < -0.39 is 35.9 Å². The molecule has 7 heteroatoms. The van der Waals surface area contributed by atoms with Crippen LogP contribution >= 0.6 is 0 Å². The number of rotatable bonds is 3. The smallest absolute Gasteiger partial charge is 0.352 e. The zero-order chi connectivity index (χ0) is 20.0. The number of fused-ring (bicyclic) bond motifs is 9. The van der Waals surface area contributed by atoms with Gasteiger partial charge in [0.1, 0.15) is 0 Å². The highest BCUT2D eigenvalue weighted by Gasteiger charge is 2.75. The first kappa shape index (κ1) is 19.8. The standard InChI is InChI=1S/C20H28F6O/c1-17(2,3)27-18(19(21,22)23,20(24,25)26)9-13-7-12-8-14(13)16-11-5-4-10(6-11)15(12)16/h10-16H,4-9H2,1-3H3. The van der Waals surface area contributed by atoms with Crippen molar-refractivity contribution in [3.05, 3.63) is 0 Å². The van der Waals surface area contributed by atoms with Crippen molar-refractivity contribution in [2.24, 2.45) is 41.4 Å². The van der Waals surface area contributed by atoms with Gasteiger partial charge >= 0.3 is 12.4 Å². The van der Waals surface area contributed by atoms with Crippen LogP contribution < -0.4 is 0 Å². The van der Waals surface area contributed by atoms with Crippen molar-refractivity contribution in [1.29, 1.82) is 0 Å². The van der Waals surface area contributed by atoms with Crippen molar-refractivity contribution in [3.63, 3.8) is 0 Å². The summed E-state index contributed by atoms with van der Waals surface area (Å²) in [4.78, 5) is 0. The molecule has 7 atom stereocenters. The van der Waals surface area contributed by atoms with E-state index in [0.29, 0.717) is 36.0 Å². The SMILES string of the molecule is CC(C)(C)OC(CC1CC2CC1C1C3CCC(C3)C21)(C(F)(F)F)C(F)(F)F. The third-order valence-corrected chi connectivity index (χ3v) is 7.82. The van der Waals surface area contributed by atoms with Gasteiger partial charge in [-0.05, 0) is 101 Å². The summed E-state index contributed by atoms with van der Waals surface area (Å²) in [7, 11) is 0. The van der Waals surface area contributed by atoms with Crippen LogP contribution in [0.25, 0.3) is 0 Å². The fraction of sp³-hybridized carbons (Fsp3) is 1.00. The van der Waals surface area contributed by atoms with E-state index in [1.54, 1.807) is 0 Å². The molecule has 4 fully saturated rings. The van der Waals surface area contributed by atoms with Crippen LogP contribution in [0.5, 0.6) is 0 Å². The van der Waals surface area contributed by atoms with Crippen LogP contribution in [0.1, 0.15) is 59.3 Å². The Hall–Kier alpha value is -0.460. The van der Waals surface area contributed by atoms with Crippen LogP contribution in [-0.4, -0.2) is 23.6 Å². The first-order valence-corrected chi connectivity index (χ1v) is 10.1. The van der Waals surface area contributed by atoms with E-state index in [2.05, 4.69) is 0 Å². The van der Waals surface area contributed by atoms with Crippen molar-refractivity contribution in [2.45, 2.75) is 82.9 Å². The topological polar surface area (TPSA) is 9.23 Å². The van der Waals surface area contributed by atoms with Crippen molar-refractivity contribution in [2.75, 3.05) is 0 Å². The van der Waals surface area contributed by atoms with Gasteiger partial charge in [-0.1, -0.05) is 0 Å². The monoisotopic (exact) mass is 398 g/mol. The van der Waals surface area contributed by atoms with Gasteiger partial charge in [0.15, 0.2) is 0 Å². The average Bonchev–Trinajstić information content (AvgIpc) is 3.21. The van der Waals surface area contributed by atoms with Crippen molar-refractivity contribution >= 4 is 0 Å². The number of hydrogen-bond donors (Lipinski definition) is 0. The molecule has 1 nitrogen and oxygen atoms in total. The second kappa shape index (κ2) is 5.79. The maximum absolute atomic E-state index is 13.9. The van der Waals surface area contributed by atoms with Gasteiger partial charge in [0.25, 0.3) is 5.60 Å². The largest absolute Gasteiger partial charge is 0.426 e. The summed E-state index contributed by atoms with van der Waals surface area (Å²) in [5, 5.41) is 0. The summed E-state index contributed by atoms with van der Waals surface area (Å²) in [5.74, 6) is 1.85. The molecule has 0 aromatic heterocycles. The van der Waals surface area contributed by atoms with E-state index in [0.717, 1.165) is 19.3 Å². The molecule has 0 aliphatic heterocycles.